The van der Waals surface area contributed by atoms with Crippen molar-refractivity contribution in [2.24, 2.45) is 0 Å². The van der Waals surface area contributed by atoms with Crippen LogP contribution in [-0.4, -0.2) is 42.2 Å². The van der Waals surface area contributed by atoms with E-state index < -0.39 is 4.87 Å². The van der Waals surface area contributed by atoms with E-state index in [1.54, 1.807) is 0 Å². The van der Waals surface area contributed by atoms with Gasteiger partial charge in [0.15, 0.2) is 0 Å². The van der Waals surface area contributed by atoms with Crippen LogP contribution in [0.25, 0.3) is 0 Å². The first-order valence-electron chi connectivity index (χ1n) is 3.45. The summed E-state index contributed by atoms with van der Waals surface area (Å²) in [5.41, 5.74) is 0. The number of carboxylic acid groups (broad SMARTS) is 1. The van der Waals surface area contributed by atoms with E-state index in [1.807, 2.05) is 0 Å². The molecule has 1 aliphatic rings. The molecule has 58 valence electrons. The van der Waals surface area contributed by atoms with E-state index in [9.17, 15) is 4.79 Å². The Morgan fingerprint density at radius 3 is 2.40 bits per heavy atom. The monoisotopic (exact) mass is 209 g/mol. The molecule has 0 amide bonds. The Morgan fingerprint density at radius 2 is 1.90 bits per heavy atom. The summed E-state index contributed by atoms with van der Waals surface area (Å²) in [6, 6.07) is 0. The fourth-order valence-electron chi connectivity index (χ4n) is 1.07. The molecule has 1 saturated heterocycles. The van der Waals surface area contributed by atoms with Gasteiger partial charge in [0.05, 0.1) is 0 Å². The summed E-state index contributed by atoms with van der Waals surface area (Å²) in [5.74, 6) is 0. The third kappa shape index (κ3) is 2.69. The van der Waals surface area contributed by atoms with Gasteiger partial charge in [0.1, 0.15) is 0 Å². The van der Waals surface area contributed by atoms with Crippen molar-refractivity contribution in [1.29, 1.82) is 0 Å². The van der Waals surface area contributed by atoms with E-state index in [0.29, 0.717) is 0 Å². The second kappa shape index (κ2) is 3.96. The van der Waals surface area contributed by atoms with E-state index in [4.69, 9.17) is 5.11 Å². The summed E-state index contributed by atoms with van der Waals surface area (Å²) in [4.78, 5) is 9.61. The van der Waals surface area contributed by atoms with Crippen molar-refractivity contribution in [2.45, 2.75) is 19.3 Å². The predicted molar refractivity (Wildman–Crippen MR) is 39.2 cm³/mol. The summed E-state index contributed by atoms with van der Waals surface area (Å²) in [6.45, 7) is 1.98. The Bertz CT molecular complexity index is 123. The molecule has 1 N–H and O–H groups in total. The SMILES string of the molecule is O=C(O)[Se]N1CCCCC1. The molecule has 0 unspecified atom stereocenters. The molecule has 1 fully saturated rings. The first-order chi connectivity index (χ1) is 4.79. The molecule has 0 aromatic rings. The van der Waals surface area contributed by atoms with Gasteiger partial charge in [-0.3, -0.25) is 0 Å². The molecule has 0 spiro atoms. The minimum absolute atomic E-state index is 0.305. The second-order valence-corrected chi connectivity index (χ2v) is 4.55. The minimum atomic E-state index is -0.644. The molecule has 0 atom stereocenters. The number of nitrogens with zero attached hydrogens (tertiary/aromatic N) is 1. The van der Waals surface area contributed by atoms with E-state index >= 15 is 0 Å². The van der Waals surface area contributed by atoms with Gasteiger partial charge >= 0.3 is 66.2 Å². The topological polar surface area (TPSA) is 40.5 Å². The standard InChI is InChI=1S/C6H11NO2Se/c8-6(9)10-7-4-2-1-3-5-7/h1-5H2,(H,8,9). The Kier molecular flexibility index (Phi) is 3.19. The molecular weight excluding hydrogens is 197 g/mol. The van der Waals surface area contributed by atoms with Crippen LogP contribution in [-0.2, 0) is 0 Å². The molecule has 0 saturated carbocycles. The quantitative estimate of drug-likeness (QED) is 0.681. The number of hydrogen-bond donors (Lipinski definition) is 1. The van der Waals surface area contributed by atoms with Crippen molar-refractivity contribution in [3.63, 3.8) is 0 Å². The van der Waals surface area contributed by atoms with Crippen LogP contribution >= 0.6 is 0 Å². The van der Waals surface area contributed by atoms with Crippen molar-refractivity contribution < 1.29 is 9.90 Å². The van der Waals surface area contributed by atoms with Gasteiger partial charge in [0.2, 0.25) is 0 Å². The van der Waals surface area contributed by atoms with Crippen molar-refractivity contribution >= 4 is 20.0 Å². The number of carbonyl (C=O) groups is 1. The Balaban J connectivity index is 2.19. The van der Waals surface area contributed by atoms with E-state index in [1.165, 1.54) is 19.3 Å². The molecule has 0 aromatic carbocycles. The van der Waals surface area contributed by atoms with Crippen LogP contribution in [0.4, 0.5) is 4.79 Å². The van der Waals surface area contributed by atoms with E-state index in [-0.39, 0.29) is 15.2 Å². The van der Waals surface area contributed by atoms with Gasteiger partial charge in [-0.2, -0.15) is 0 Å². The maximum absolute atomic E-state index is 10.3. The van der Waals surface area contributed by atoms with Gasteiger partial charge in [-0.15, -0.1) is 0 Å². The molecule has 0 aliphatic carbocycles. The van der Waals surface area contributed by atoms with Crippen molar-refractivity contribution in [3.05, 3.63) is 0 Å². The van der Waals surface area contributed by atoms with Crippen LogP contribution in [0.15, 0.2) is 0 Å². The zero-order chi connectivity index (χ0) is 7.40. The van der Waals surface area contributed by atoms with Crippen LogP contribution in [0.1, 0.15) is 19.3 Å². The average Bonchev–Trinajstić information content (AvgIpc) is 1.88. The van der Waals surface area contributed by atoms with Crippen LogP contribution in [0.2, 0.25) is 0 Å². The second-order valence-electron chi connectivity index (χ2n) is 2.35. The summed E-state index contributed by atoms with van der Waals surface area (Å²) < 4.78 is 2.05. The zero-order valence-electron chi connectivity index (χ0n) is 5.75. The fraction of sp³-hybridized carbons (Fsp3) is 0.833. The van der Waals surface area contributed by atoms with Crippen LogP contribution in [0, 0.1) is 0 Å². The van der Waals surface area contributed by atoms with Crippen molar-refractivity contribution in [3.8, 4) is 0 Å². The Morgan fingerprint density at radius 1 is 1.30 bits per heavy atom. The summed E-state index contributed by atoms with van der Waals surface area (Å²) >= 11 is -0.305. The third-order valence-corrected chi connectivity index (χ3v) is 3.16. The normalized spacial score (nSPS) is 20.8. The molecule has 3 nitrogen and oxygen atoms in total. The number of piperidine rings is 1. The van der Waals surface area contributed by atoms with Gasteiger partial charge in [-0.25, -0.2) is 0 Å². The van der Waals surface area contributed by atoms with Crippen molar-refractivity contribution in [1.82, 2.24) is 3.92 Å². The van der Waals surface area contributed by atoms with Crippen LogP contribution in [0.3, 0.4) is 0 Å². The van der Waals surface area contributed by atoms with Crippen LogP contribution in [0.5, 0.6) is 0 Å². The van der Waals surface area contributed by atoms with E-state index in [0.717, 1.165) is 13.1 Å². The van der Waals surface area contributed by atoms with Gasteiger partial charge in [-0.1, -0.05) is 0 Å². The Labute approximate surface area is 66.8 Å². The Hall–Kier alpha value is -0.0505. The van der Waals surface area contributed by atoms with Gasteiger partial charge < -0.3 is 0 Å². The fourth-order valence-corrected chi connectivity index (χ4v) is 2.45. The van der Waals surface area contributed by atoms with Crippen LogP contribution < -0.4 is 0 Å². The first kappa shape index (κ1) is 8.05. The van der Waals surface area contributed by atoms with Crippen molar-refractivity contribution in [2.75, 3.05) is 13.1 Å². The molecule has 0 aromatic heterocycles. The average molecular weight is 208 g/mol. The summed E-state index contributed by atoms with van der Waals surface area (Å²) in [5, 5.41) is 8.45. The maximum atomic E-state index is 10.3. The number of hydrogen-bond acceptors (Lipinski definition) is 2. The molecule has 1 heterocycles. The molecule has 4 heteroatoms. The summed E-state index contributed by atoms with van der Waals surface area (Å²) in [6.07, 6.45) is 3.62. The van der Waals surface area contributed by atoms with Gasteiger partial charge in [0.25, 0.3) is 0 Å². The van der Waals surface area contributed by atoms with Gasteiger partial charge in [0, 0.05) is 0 Å². The molecule has 0 bridgehead atoms. The predicted octanol–water partition coefficient (Wildman–Crippen LogP) is 0.769. The molecular formula is C6H11NO2Se. The molecule has 10 heavy (non-hydrogen) atoms. The van der Waals surface area contributed by atoms with E-state index in [2.05, 4.69) is 3.92 Å². The zero-order valence-corrected chi connectivity index (χ0v) is 7.46. The summed E-state index contributed by atoms with van der Waals surface area (Å²) in [7, 11) is 0. The molecule has 1 aliphatic heterocycles. The number of rotatable bonds is 2. The molecule has 0 radical (unpaired) electrons. The third-order valence-electron chi connectivity index (χ3n) is 1.52. The first-order valence-corrected chi connectivity index (χ1v) is 5.07. The molecule has 1 rings (SSSR count). The van der Waals surface area contributed by atoms with Gasteiger partial charge in [-0.05, 0) is 0 Å².